The molecule has 1 atom stereocenters. The van der Waals surface area contributed by atoms with Gasteiger partial charge in [-0.15, -0.1) is 0 Å². The van der Waals surface area contributed by atoms with Crippen LogP contribution in [0.4, 0.5) is 4.79 Å². The van der Waals surface area contributed by atoms with Gasteiger partial charge >= 0.3 is 12.0 Å². The minimum absolute atomic E-state index is 0.0510. The van der Waals surface area contributed by atoms with Gasteiger partial charge in [0.1, 0.15) is 0 Å². The SMILES string of the molecule is CC(CNC(=O)NC1CC=CC1)CC(=O)O. The van der Waals surface area contributed by atoms with Crippen molar-refractivity contribution in [3.63, 3.8) is 0 Å². The van der Waals surface area contributed by atoms with E-state index in [-0.39, 0.29) is 24.4 Å². The van der Waals surface area contributed by atoms with Crippen LogP contribution in [0.3, 0.4) is 0 Å². The Labute approximate surface area is 94.9 Å². The van der Waals surface area contributed by atoms with Crippen molar-refractivity contribution in [3.8, 4) is 0 Å². The molecule has 1 aliphatic rings. The number of carboxylic acid groups (broad SMARTS) is 1. The minimum Gasteiger partial charge on any atom is -0.481 e. The number of rotatable bonds is 5. The first-order valence-electron chi connectivity index (χ1n) is 5.49. The zero-order chi connectivity index (χ0) is 12.0. The maximum Gasteiger partial charge on any atom is 0.315 e. The van der Waals surface area contributed by atoms with Crippen molar-refractivity contribution >= 4 is 12.0 Å². The quantitative estimate of drug-likeness (QED) is 0.614. The Balaban J connectivity index is 2.12. The third-order valence-electron chi connectivity index (χ3n) is 2.48. The Hall–Kier alpha value is -1.52. The van der Waals surface area contributed by atoms with E-state index < -0.39 is 5.97 Å². The second-order valence-corrected chi connectivity index (χ2v) is 4.20. The zero-order valence-corrected chi connectivity index (χ0v) is 9.40. The lowest BCUT2D eigenvalue weighted by molar-refractivity contribution is -0.137. The number of carboxylic acids is 1. The van der Waals surface area contributed by atoms with Gasteiger partial charge in [0, 0.05) is 19.0 Å². The molecule has 3 N–H and O–H groups in total. The molecule has 5 heteroatoms. The van der Waals surface area contributed by atoms with Crippen molar-refractivity contribution in [2.24, 2.45) is 5.92 Å². The molecular formula is C11H18N2O3. The highest BCUT2D eigenvalue weighted by Crippen LogP contribution is 2.08. The first kappa shape index (κ1) is 12.5. The van der Waals surface area contributed by atoms with E-state index in [1.54, 1.807) is 6.92 Å². The van der Waals surface area contributed by atoms with Crippen molar-refractivity contribution in [1.82, 2.24) is 10.6 Å². The third-order valence-corrected chi connectivity index (χ3v) is 2.48. The molecule has 0 aromatic rings. The Morgan fingerprint density at radius 1 is 1.44 bits per heavy atom. The number of aliphatic carboxylic acids is 1. The molecule has 0 aromatic carbocycles. The highest BCUT2D eigenvalue weighted by atomic mass is 16.4. The van der Waals surface area contributed by atoms with Crippen molar-refractivity contribution in [1.29, 1.82) is 0 Å². The van der Waals surface area contributed by atoms with E-state index in [9.17, 15) is 9.59 Å². The standard InChI is InChI=1S/C11H18N2O3/c1-8(6-10(14)15)7-12-11(16)13-9-4-2-3-5-9/h2-3,8-9H,4-7H2,1H3,(H,14,15)(H2,12,13,16). The van der Waals surface area contributed by atoms with E-state index in [2.05, 4.69) is 10.6 Å². The molecule has 0 fully saturated rings. The number of urea groups is 1. The van der Waals surface area contributed by atoms with Crippen LogP contribution < -0.4 is 10.6 Å². The fourth-order valence-corrected chi connectivity index (χ4v) is 1.61. The molecule has 0 saturated carbocycles. The molecule has 5 nitrogen and oxygen atoms in total. The van der Waals surface area contributed by atoms with Gasteiger partial charge in [0.2, 0.25) is 0 Å². The summed E-state index contributed by atoms with van der Waals surface area (Å²) >= 11 is 0. The minimum atomic E-state index is -0.838. The Morgan fingerprint density at radius 2 is 2.06 bits per heavy atom. The summed E-state index contributed by atoms with van der Waals surface area (Å²) in [5, 5.41) is 14.0. The normalized spacial score (nSPS) is 17.1. The number of hydrogen-bond donors (Lipinski definition) is 3. The predicted octanol–water partition coefficient (Wildman–Crippen LogP) is 1.11. The maximum atomic E-state index is 11.4. The van der Waals surface area contributed by atoms with Gasteiger partial charge in [0.15, 0.2) is 0 Å². The second-order valence-electron chi connectivity index (χ2n) is 4.20. The molecule has 0 saturated heterocycles. The predicted molar refractivity (Wildman–Crippen MR) is 60.1 cm³/mol. The van der Waals surface area contributed by atoms with Gasteiger partial charge in [0.25, 0.3) is 0 Å². The first-order chi connectivity index (χ1) is 7.58. The summed E-state index contributed by atoms with van der Waals surface area (Å²) < 4.78 is 0. The molecule has 2 amide bonds. The second kappa shape index (κ2) is 6.15. The van der Waals surface area contributed by atoms with Crippen LogP contribution in [0.15, 0.2) is 12.2 Å². The fraction of sp³-hybridized carbons (Fsp3) is 0.636. The number of carbonyl (C=O) groups is 2. The van der Waals surface area contributed by atoms with E-state index >= 15 is 0 Å². The van der Waals surface area contributed by atoms with Crippen molar-refractivity contribution in [2.45, 2.75) is 32.2 Å². The Morgan fingerprint density at radius 3 is 2.62 bits per heavy atom. The highest BCUT2D eigenvalue weighted by molar-refractivity contribution is 5.74. The summed E-state index contributed by atoms with van der Waals surface area (Å²) in [6.45, 7) is 2.18. The van der Waals surface area contributed by atoms with Crippen molar-refractivity contribution < 1.29 is 14.7 Å². The van der Waals surface area contributed by atoms with Gasteiger partial charge in [-0.1, -0.05) is 19.1 Å². The van der Waals surface area contributed by atoms with E-state index in [1.807, 2.05) is 12.2 Å². The van der Waals surface area contributed by atoms with Crippen molar-refractivity contribution in [2.75, 3.05) is 6.54 Å². The summed E-state index contributed by atoms with van der Waals surface area (Å²) in [4.78, 5) is 21.8. The van der Waals surface area contributed by atoms with Crippen molar-refractivity contribution in [3.05, 3.63) is 12.2 Å². The third kappa shape index (κ3) is 4.82. The van der Waals surface area contributed by atoms with Gasteiger partial charge in [0.05, 0.1) is 0 Å². The molecular weight excluding hydrogens is 208 g/mol. The number of amides is 2. The molecule has 0 aliphatic heterocycles. The summed E-state index contributed by atoms with van der Waals surface area (Å²) in [6.07, 6.45) is 5.90. The monoisotopic (exact) mass is 226 g/mol. The molecule has 0 heterocycles. The van der Waals surface area contributed by atoms with E-state index in [1.165, 1.54) is 0 Å². The molecule has 90 valence electrons. The van der Waals surface area contributed by atoms with Gasteiger partial charge in [-0.05, 0) is 18.8 Å². The molecule has 16 heavy (non-hydrogen) atoms. The van der Waals surface area contributed by atoms with E-state index in [0.717, 1.165) is 12.8 Å². The molecule has 1 aliphatic carbocycles. The summed E-state index contributed by atoms with van der Waals surface area (Å²) in [6, 6.07) is -0.0271. The molecule has 0 bridgehead atoms. The fourth-order valence-electron chi connectivity index (χ4n) is 1.61. The lowest BCUT2D eigenvalue weighted by atomic mass is 10.1. The summed E-state index contributed by atoms with van der Waals surface area (Å²) in [7, 11) is 0. The number of hydrogen-bond acceptors (Lipinski definition) is 2. The molecule has 0 radical (unpaired) electrons. The molecule has 0 aromatic heterocycles. The number of nitrogens with one attached hydrogen (secondary N) is 2. The molecule has 1 unspecified atom stereocenters. The summed E-state index contributed by atoms with van der Waals surface area (Å²) in [5.74, 6) is -0.889. The van der Waals surface area contributed by atoms with Crippen LogP contribution in [0.1, 0.15) is 26.2 Å². The van der Waals surface area contributed by atoms with Gasteiger partial charge < -0.3 is 15.7 Å². The zero-order valence-electron chi connectivity index (χ0n) is 9.40. The summed E-state index contributed by atoms with van der Waals surface area (Å²) in [5.41, 5.74) is 0. The largest absolute Gasteiger partial charge is 0.481 e. The van der Waals surface area contributed by atoms with Gasteiger partial charge in [-0.3, -0.25) is 4.79 Å². The topological polar surface area (TPSA) is 78.4 Å². The molecule has 1 rings (SSSR count). The van der Waals surface area contributed by atoms with Crippen LogP contribution in [-0.4, -0.2) is 29.7 Å². The highest BCUT2D eigenvalue weighted by Gasteiger charge is 2.14. The lowest BCUT2D eigenvalue weighted by Crippen LogP contribution is -2.42. The van der Waals surface area contributed by atoms with Crippen LogP contribution in [0, 0.1) is 5.92 Å². The maximum absolute atomic E-state index is 11.4. The van der Waals surface area contributed by atoms with Crippen LogP contribution in [0.25, 0.3) is 0 Å². The van der Waals surface area contributed by atoms with E-state index in [4.69, 9.17) is 5.11 Å². The van der Waals surface area contributed by atoms with Crippen LogP contribution in [-0.2, 0) is 4.79 Å². The Bertz CT molecular complexity index is 281. The average Bonchev–Trinajstić information content (AvgIpc) is 2.66. The van der Waals surface area contributed by atoms with Crippen LogP contribution in [0.2, 0.25) is 0 Å². The average molecular weight is 226 g/mol. The van der Waals surface area contributed by atoms with Crippen LogP contribution >= 0.6 is 0 Å². The van der Waals surface area contributed by atoms with Gasteiger partial charge in [-0.25, -0.2) is 4.79 Å². The first-order valence-corrected chi connectivity index (χ1v) is 5.49. The van der Waals surface area contributed by atoms with Gasteiger partial charge in [-0.2, -0.15) is 0 Å². The smallest absolute Gasteiger partial charge is 0.315 e. The lowest BCUT2D eigenvalue weighted by Gasteiger charge is -2.15. The molecule has 0 spiro atoms. The number of carbonyl (C=O) groups excluding carboxylic acids is 1. The van der Waals surface area contributed by atoms with Crippen LogP contribution in [0.5, 0.6) is 0 Å². The Kier molecular flexibility index (Phi) is 4.82. The van der Waals surface area contributed by atoms with E-state index in [0.29, 0.717) is 6.54 Å².